The Labute approximate surface area is 174 Å². The maximum atomic E-state index is 10.2. The molecule has 1 aromatic carbocycles. The van der Waals surface area contributed by atoms with Gasteiger partial charge in [-0.25, -0.2) is 0 Å². The monoisotopic (exact) mass is 436 g/mol. The first-order valence-electron chi connectivity index (χ1n) is 9.18. The molecule has 5 atom stereocenters. The van der Waals surface area contributed by atoms with E-state index in [0.29, 0.717) is 0 Å². The van der Waals surface area contributed by atoms with Crippen LogP contribution in [-0.2, 0) is 14.2 Å². The Balaban J connectivity index is 1.79. The van der Waals surface area contributed by atoms with Gasteiger partial charge in [0, 0.05) is 23.3 Å². The Morgan fingerprint density at radius 2 is 1.61 bits per heavy atom. The second-order valence-corrected chi connectivity index (χ2v) is 7.14. The largest absolute Gasteiger partial charge is 0.508 e. The molecule has 1 aromatic rings. The van der Waals surface area contributed by atoms with Crippen molar-refractivity contribution in [1.82, 2.24) is 0 Å². The summed E-state index contributed by atoms with van der Waals surface area (Å²) in [6.07, 6.45) is -2.74. The molecule has 3 aliphatic rings. The normalized spacial score (nSPS) is 30.2. The zero-order valence-electron chi connectivity index (χ0n) is 15.8. The lowest BCUT2D eigenvalue weighted by Crippen LogP contribution is -2.34. The van der Waals surface area contributed by atoms with Crippen LogP contribution in [0.2, 0.25) is 0 Å². The van der Waals surface area contributed by atoms with Gasteiger partial charge in [-0.15, -0.1) is 0 Å². The second-order valence-electron chi connectivity index (χ2n) is 7.14. The molecule has 4 rings (SSSR count). The minimum Gasteiger partial charge on any atom is -0.508 e. The lowest BCUT2D eigenvalue weighted by Gasteiger charge is -2.30. The molecule has 2 heterocycles. The van der Waals surface area contributed by atoms with E-state index in [4.69, 9.17) is 14.2 Å². The highest BCUT2D eigenvalue weighted by molar-refractivity contribution is 5.72. The first-order chi connectivity index (χ1) is 14.7. The van der Waals surface area contributed by atoms with Gasteiger partial charge in [-0.1, -0.05) is 0 Å². The van der Waals surface area contributed by atoms with E-state index in [2.05, 4.69) is 0 Å². The SMILES string of the molecule is OCC1OC(OC2=C(c3cc(O)c(O)c(O)c3)OC3C=C(O)C=C(O)C3=C2)C(O)C1O. The Morgan fingerprint density at radius 1 is 0.935 bits per heavy atom. The molecule has 166 valence electrons. The maximum Gasteiger partial charge on any atom is 0.229 e. The van der Waals surface area contributed by atoms with Crippen LogP contribution in [0.25, 0.3) is 5.76 Å². The minimum absolute atomic E-state index is 0.0479. The van der Waals surface area contributed by atoms with Crippen LogP contribution in [0.15, 0.2) is 53.2 Å². The van der Waals surface area contributed by atoms with E-state index < -0.39 is 54.6 Å². The van der Waals surface area contributed by atoms with Crippen molar-refractivity contribution in [3.05, 3.63) is 58.8 Å². The maximum absolute atomic E-state index is 10.2. The van der Waals surface area contributed by atoms with E-state index >= 15 is 0 Å². The number of ether oxygens (including phenoxy) is 3. The van der Waals surface area contributed by atoms with Crippen LogP contribution in [0.1, 0.15) is 5.56 Å². The zero-order valence-corrected chi connectivity index (χ0v) is 15.8. The number of allylic oxidation sites excluding steroid dienone is 2. The van der Waals surface area contributed by atoms with E-state index in [1.807, 2.05) is 0 Å². The zero-order chi connectivity index (χ0) is 22.4. The molecule has 31 heavy (non-hydrogen) atoms. The lowest BCUT2D eigenvalue weighted by atomic mass is 9.97. The van der Waals surface area contributed by atoms with E-state index in [0.717, 1.165) is 18.2 Å². The van der Waals surface area contributed by atoms with Crippen LogP contribution < -0.4 is 0 Å². The third-order valence-electron chi connectivity index (χ3n) is 5.04. The average molecular weight is 436 g/mol. The Bertz CT molecular complexity index is 999. The summed E-state index contributed by atoms with van der Waals surface area (Å²) in [6, 6.07) is 2.15. The van der Waals surface area contributed by atoms with Gasteiger partial charge in [0.15, 0.2) is 28.8 Å². The summed E-state index contributed by atoms with van der Waals surface area (Å²) < 4.78 is 16.8. The standard InChI is InChI=1S/C20H20O11/c21-6-15-17(27)18(28)20(31-15)30-14-5-9-10(23)3-8(22)4-13(9)29-19(14)7-1-11(24)16(26)12(25)2-7/h1-5,13,15,17-18,20-28H,6H2. The van der Waals surface area contributed by atoms with Crippen molar-refractivity contribution < 1.29 is 55.1 Å². The molecular formula is C20H20O11. The summed E-state index contributed by atoms with van der Waals surface area (Å²) in [5, 5.41) is 78.7. The van der Waals surface area contributed by atoms with Crippen molar-refractivity contribution in [2.45, 2.75) is 30.7 Å². The van der Waals surface area contributed by atoms with Gasteiger partial charge in [-0.3, -0.25) is 0 Å². The van der Waals surface area contributed by atoms with Crippen molar-refractivity contribution in [2.24, 2.45) is 0 Å². The van der Waals surface area contributed by atoms with Gasteiger partial charge >= 0.3 is 0 Å². The molecule has 0 spiro atoms. The molecule has 0 aromatic heterocycles. The molecule has 11 nitrogen and oxygen atoms in total. The van der Waals surface area contributed by atoms with Gasteiger partial charge in [0.2, 0.25) is 6.29 Å². The van der Waals surface area contributed by atoms with Crippen LogP contribution in [-0.4, -0.2) is 78.2 Å². The third kappa shape index (κ3) is 3.64. The molecule has 0 bridgehead atoms. The second kappa shape index (κ2) is 7.71. The number of fused-ring (bicyclic) bond motifs is 1. The summed E-state index contributed by atoms with van der Waals surface area (Å²) >= 11 is 0. The predicted molar refractivity (Wildman–Crippen MR) is 102 cm³/mol. The van der Waals surface area contributed by atoms with Gasteiger partial charge in [0.1, 0.15) is 35.9 Å². The molecule has 5 unspecified atom stereocenters. The average Bonchev–Trinajstić information content (AvgIpc) is 2.99. The summed E-state index contributed by atoms with van der Waals surface area (Å²) in [5.41, 5.74) is 0.238. The fraction of sp³-hybridized carbons (Fsp3) is 0.300. The first kappa shape index (κ1) is 20.9. The highest BCUT2D eigenvalue weighted by atomic mass is 16.7. The summed E-state index contributed by atoms with van der Waals surface area (Å²) in [5.74, 6) is -2.86. The van der Waals surface area contributed by atoms with Gasteiger partial charge < -0.3 is 55.1 Å². The number of rotatable bonds is 4. The summed E-state index contributed by atoms with van der Waals surface area (Å²) in [4.78, 5) is 0. The lowest BCUT2D eigenvalue weighted by molar-refractivity contribution is -0.145. The molecule has 0 amide bonds. The van der Waals surface area contributed by atoms with Crippen LogP contribution in [0, 0.1) is 0 Å². The number of aliphatic hydroxyl groups is 5. The highest BCUT2D eigenvalue weighted by Gasteiger charge is 2.45. The summed E-state index contributed by atoms with van der Waals surface area (Å²) in [6.45, 7) is -0.572. The highest BCUT2D eigenvalue weighted by Crippen LogP contribution is 2.42. The molecule has 1 fully saturated rings. The van der Waals surface area contributed by atoms with Crippen molar-refractivity contribution in [3.63, 3.8) is 0 Å². The number of phenolic OH excluding ortho intramolecular Hbond substituents is 3. The molecule has 0 radical (unpaired) electrons. The smallest absolute Gasteiger partial charge is 0.229 e. The Hall–Kier alpha value is -3.38. The van der Waals surface area contributed by atoms with E-state index in [9.17, 15) is 40.9 Å². The number of benzene rings is 1. The molecule has 2 aliphatic heterocycles. The fourth-order valence-electron chi connectivity index (χ4n) is 3.43. The van der Waals surface area contributed by atoms with Crippen LogP contribution in [0.4, 0.5) is 0 Å². The summed E-state index contributed by atoms with van der Waals surface area (Å²) in [7, 11) is 0. The topological polar surface area (TPSA) is 190 Å². The van der Waals surface area contributed by atoms with Gasteiger partial charge in [-0.05, 0) is 18.2 Å². The molecule has 1 saturated heterocycles. The van der Waals surface area contributed by atoms with Crippen LogP contribution in [0.3, 0.4) is 0 Å². The number of aliphatic hydroxyl groups excluding tert-OH is 5. The molecule has 8 N–H and O–H groups in total. The quantitative estimate of drug-likeness (QED) is 0.300. The third-order valence-corrected chi connectivity index (χ3v) is 5.04. The van der Waals surface area contributed by atoms with E-state index in [1.54, 1.807) is 0 Å². The minimum atomic E-state index is -1.52. The molecule has 11 heteroatoms. The van der Waals surface area contributed by atoms with E-state index in [1.165, 1.54) is 12.2 Å². The van der Waals surface area contributed by atoms with Crippen molar-refractivity contribution in [1.29, 1.82) is 0 Å². The molecular weight excluding hydrogens is 416 g/mol. The van der Waals surface area contributed by atoms with Crippen molar-refractivity contribution in [3.8, 4) is 17.2 Å². The van der Waals surface area contributed by atoms with Gasteiger partial charge in [0.25, 0.3) is 0 Å². The molecule has 1 aliphatic carbocycles. The first-order valence-corrected chi connectivity index (χ1v) is 9.18. The van der Waals surface area contributed by atoms with Crippen molar-refractivity contribution in [2.75, 3.05) is 6.61 Å². The van der Waals surface area contributed by atoms with E-state index in [-0.39, 0.29) is 34.2 Å². The number of hydrogen-bond donors (Lipinski definition) is 8. The number of aromatic hydroxyl groups is 3. The fourth-order valence-corrected chi connectivity index (χ4v) is 3.43. The van der Waals surface area contributed by atoms with Gasteiger partial charge in [-0.2, -0.15) is 0 Å². The van der Waals surface area contributed by atoms with Gasteiger partial charge in [0.05, 0.1) is 6.61 Å². The molecule has 0 saturated carbocycles. The van der Waals surface area contributed by atoms with Crippen molar-refractivity contribution >= 4 is 5.76 Å². The van der Waals surface area contributed by atoms with Crippen LogP contribution in [0.5, 0.6) is 17.2 Å². The number of phenols is 3. The van der Waals surface area contributed by atoms with Crippen LogP contribution >= 0.6 is 0 Å². The number of hydrogen-bond acceptors (Lipinski definition) is 11. The Morgan fingerprint density at radius 3 is 2.23 bits per heavy atom. The predicted octanol–water partition coefficient (Wildman–Crippen LogP) is 0.150. The Kier molecular flexibility index (Phi) is 5.19.